The number of hydrogen-bond donors (Lipinski definition) is 0. The average molecular weight is 482 g/mol. The van der Waals surface area contributed by atoms with Gasteiger partial charge in [0, 0.05) is 20.9 Å². The van der Waals surface area contributed by atoms with E-state index in [2.05, 4.69) is 14.4 Å². The molecule has 9 heteroatoms. The number of ether oxygens (including phenoxy) is 1. The first kappa shape index (κ1) is 22.0. The number of allylic oxidation sites excluding steroid dienone is 2. The van der Waals surface area contributed by atoms with Gasteiger partial charge in [-0.15, -0.1) is 24.5 Å². The number of nitrogens with zero attached hydrogens (tertiary/aromatic N) is 4. The number of alkyl halides is 3. The molecule has 0 saturated carbocycles. The third-order valence-corrected chi connectivity index (χ3v) is 7.00. The smallest absolute Gasteiger partial charge is 0.406 e. The molecule has 0 saturated heterocycles. The van der Waals surface area contributed by atoms with Crippen LogP contribution in [0.15, 0.2) is 47.8 Å². The zero-order chi connectivity index (χ0) is 25.1. The van der Waals surface area contributed by atoms with Crippen molar-refractivity contribution < 1.29 is 17.9 Å². The number of nitriles is 2. The van der Waals surface area contributed by atoms with Crippen LogP contribution in [0.5, 0.6) is 5.75 Å². The maximum absolute atomic E-state index is 12.9. The largest absolute Gasteiger partial charge is 0.573 e. The minimum atomic E-state index is -4.91. The molecule has 0 spiro atoms. The van der Waals surface area contributed by atoms with Crippen molar-refractivity contribution in [1.82, 2.24) is 0 Å². The van der Waals surface area contributed by atoms with Gasteiger partial charge in [0.15, 0.2) is 0 Å². The van der Waals surface area contributed by atoms with Gasteiger partial charge < -0.3 is 4.74 Å². The quantitative estimate of drug-likeness (QED) is 0.186. The highest BCUT2D eigenvalue weighted by atomic mass is 32.1. The zero-order valence-corrected chi connectivity index (χ0v) is 18.5. The summed E-state index contributed by atoms with van der Waals surface area (Å²) in [5.74, 6) is -0.476. The number of fused-ring (bicyclic) bond motifs is 7. The first-order chi connectivity index (χ1) is 16.7. The molecule has 0 radical (unpaired) electrons. The standard InChI is InChI=1S/C26H9F3N4OS/c1-12-4-6-14-16(8-12)20(18(10-30)32-2)22-23-21(19(11-31)33-3)17-9-13(34-26(27,28)29)5-7-15(17)25(23)35-24(14)22/h4-9H,1H3/b20-18+,21-19-. The highest BCUT2D eigenvalue weighted by molar-refractivity contribution is 7.20. The predicted molar refractivity (Wildman–Crippen MR) is 123 cm³/mol. The fourth-order valence-electron chi connectivity index (χ4n) is 4.51. The maximum atomic E-state index is 12.9. The fourth-order valence-corrected chi connectivity index (χ4v) is 5.90. The van der Waals surface area contributed by atoms with Gasteiger partial charge in [-0.25, -0.2) is 20.2 Å². The van der Waals surface area contributed by atoms with Crippen LogP contribution < -0.4 is 4.74 Å². The van der Waals surface area contributed by atoms with Crippen molar-refractivity contribution in [3.8, 4) is 38.8 Å². The maximum Gasteiger partial charge on any atom is 0.573 e. The van der Waals surface area contributed by atoms with E-state index in [0.717, 1.165) is 22.1 Å². The zero-order valence-electron chi connectivity index (χ0n) is 17.7. The number of thiophene rings is 1. The molecule has 166 valence electrons. The van der Waals surface area contributed by atoms with Gasteiger partial charge in [-0.1, -0.05) is 23.8 Å². The van der Waals surface area contributed by atoms with Crippen LogP contribution in [0, 0.1) is 42.7 Å². The minimum Gasteiger partial charge on any atom is -0.406 e. The summed E-state index contributed by atoms with van der Waals surface area (Å²) in [5, 5.41) is 19.4. The molecule has 2 aromatic carbocycles. The molecule has 35 heavy (non-hydrogen) atoms. The molecule has 0 fully saturated rings. The molecule has 0 N–H and O–H groups in total. The Kier molecular flexibility index (Phi) is 4.78. The molecular weight excluding hydrogens is 473 g/mol. The van der Waals surface area contributed by atoms with Crippen LogP contribution >= 0.6 is 11.3 Å². The number of hydrogen-bond acceptors (Lipinski definition) is 4. The lowest BCUT2D eigenvalue weighted by atomic mass is 9.94. The Balaban J connectivity index is 1.89. The Morgan fingerprint density at radius 1 is 0.857 bits per heavy atom. The van der Waals surface area contributed by atoms with Gasteiger partial charge >= 0.3 is 6.36 Å². The van der Waals surface area contributed by atoms with Crippen molar-refractivity contribution in [3.63, 3.8) is 0 Å². The van der Waals surface area contributed by atoms with Gasteiger partial charge in [-0.2, -0.15) is 0 Å². The van der Waals surface area contributed by atoms with Crippen LogP contribution in [0.1, 0.15) is 27.8 Å². The summed E-state index contributed by atoms with van der Waals surface area (Å²) < 4.78 is 42.7. The van der Waals surface area contributed by atoms with Crippen molar-refractivity contribution in [1.29, 1.82) is 10.5 Å². The fraction of sp³-hybridized carbons (Fsp3) is 0.0769. The van der Waals surface area contributed by atoms with Crippen molar-refractivity contribution in [2.45, 2.75) is 13.3 Å². The molecule has 1 heterocycles. The summed E-state index contributed by atoms with van der Waals surface area (Å²) in [4.78, 5) is 8.19. The van der Waals surface area contributed by atoms with Gasteiger partial charge in [0.2, 0.25) is 0 Å². The molecule has 5 nitrogen and oxygen atoms in total. The third kappa shape index (κ3) is 3.19. The number of aryl methyl sites for hydroxylation is 1. The van der Waals surface area contributed by atoms with E-state index in [0.29, 0.717) is 32.7 Å². The Hall–Kier alpha value is -4.83. The highest BCUT2D eigenvalue weighted by Gasteiger charge is 2.40. The van der Waals surface area contributed by atoms with Gasteiger partial charge in [-0.3, -0.25) is 0 Å². The molecule has 2 aliphatic rings. The van der Waals surface area contributed by atoms with E-state index in [-0.39, 0.29) is 22.5 Å². The summed E-state index contributed by atoms with van der Waals surface area (Å²) in [6.07, 6.45) is -4.91. The third-order valence-electron chi connectivity index (χ3n) is 5.74. The van der Waals surface area contributed by atoms with Crippen LogP contribution in [-0.4, -0.2) is 6.36 Å². The van der Waals surface area contributed by atoms with Crippen LogP contribution in [-0.2, 0) is 0 Å². The summed E-state index contributed by atoms with van der Waals surface area (Å²) in [6, 6.07) is 13.3. The Morgan fingerprint density at radius 3 is 1.86 bits per heavy atom. The number of benzene rings is 2. The summed E-state index contributed by atoms with van der Waals surface area (Å²) in [7, 11) is 0. The topological polar surface area (TPSA) is 65.5 Å². The number of rotatable bonds is 1. The van der Waals surface area contributed by atoms with E-state index >= 15 is 0 Å². The molecule has 0 amide bonds. The van der Waals surface area contributed by atoms with Crippen molar-refractivity contribution in [3.05, 3.63) is 98.4 Å². The van der Waals surface area contributed by atoms with Crippen molar-refractivity contribution >= 4 is 22.5 Å². The van der Waals surface area contributed by atoms with E-state index in [1.165, 1.54) is 23.5 Å². The van der Waals surface area contributed by atoms with Gasteiger partial charge in [0.1, 0.15) is 5.75 Å². The molecule has 5 rings (SSSR count). The van der Waals surface area contributed by atoms with Gasteiger partial charge in [-0.05, 0) is 58.5 Å². The van der Waals surface area contributed by atoms with E-state index in [1.54, 1.807) is 0 Å². The van der Waals surface area contributed by atoms with Crippen LogP contribution in [0.3, 0.4) is 0 Å². The Labute approximate surface area is 201 Å². The second kappa shape index (κ2) is 7.61. The minimum absolute atomic E-state index is 0.145. The highest BCUT2D eigenvalue weighted by Crippen LogP contribution is 2.61. The molecule has 2 aliphatic carbocycles. The molecule has 0 bridgehead atoms. The molecular formula is C26H9F3N4OS. The lowest BCUT2D eigenvalue weighted by Crippen LogP contribution is -2.17. The molecule has 1 aromatic heterocycles. The molecule has 0 aliphatic heterocycles. The average Bonchev–Trinajstić information content (AvgIpc) is 3.42. The molecule has 0 unspecified atom stereocenters. The van der Waals surface area contributed by atoms with E-state index in [1.807, 2.05) is 37.3 Å². The molecule has 0 atom stereocenters. The molecule has 3 aromatic rings. The van der Waals surface area contributed by atoms with Gasteiger partial charge in [0.25, 0.3) is 11.4 Å². The van der Waals surface area contributed by atoms with Crippen LogP contribution in [0.4, 0.5) is 13.2 Å². The SMILES string of the molecule is [C-]#[N+]/C(C#N)=C1/c2cc(OC(F)(F)F)ccc2-c2sc3c(c21)/C(=C(\C#N)[N+]#[C-])c1cc(C)ccc1-3. The van der Waals surface area contributed by atoms with E-state index in [9.17, 15) is 23.7 Å². The van der Waals surface area contributed by atoms with E-state index < -0.39 is 12.1 Å². The lowest BCUT2D eigenvalue weighted by Gasteiger charge is -2.11. The van der Waals surface area contributed by atoms with Crippen molar-refractivity contribution in [2.75, 3.05) is 0 Å². The lowest BCUT2D eigenvalue weighted by molar-refractivity contribution is -0.274. The predicted octanol–water partition coefficient (Wildman–Crippen LogP) is 7.32. The van der Waals surface area contributed by atoms with Crippen molar-refractivity contribution in [2.24, 2.45) is 0 Å². The monoisotopic (exact) mass is 482 g/mol. The van der Waals surface area contributed by atoms with Gasteiger partial charge in [0.05, 0.1) is 25.3 Å². The summed E-state index contributed by atoms with van der Waals surface area (Å²) in [5.41, 5.74) is 4.37. The Morgan fingerprint density at radius 2 is 1.37 bits per heavy atom. The summed E-state index contributed by atoms with van der Waals surface area (Å²) >= 11 is 1.35. The van der Waals surface area contributed by atoms with Crippen LogP contribution in [0.2, 0.25) is 0 Å². The van der Waals surface area contributed by atoms with E-state index in [4.69, 9.17) is 13.1 Å². The summed E-state index contributed by atoms with van der Waals surface area (Å²) in [6.45, 7) is 17.0. The second-order valence-electron chi connectivity index (χ2n) is 7.71. The first-order valence-electron chi connectivity index (χ1n) is 9.95. The van der Waals surface area contributed by atoms with Crippen LogP contribution in [0.25, 0.3) is 41.7 Å². The normalized spacial score (nSPS) is 15.4. The second-order valence-corrected chi connectivity index (χ2v) is 8.73. The number of halogens is 3. The Bertz CT molecular complexity index is 1680. The first-order valence-corrected chi connectivity index (χ1v) is 10.8.